The van der Waals surface area contributed by atoms with E-state index in [2.05, 4.69) is 11.4 Å². The van der Waals surface area contributed by atoms with Crippen molar-refractivity contribution in [3.8, 4) is 6.07 Å². The molecule has 0 radical (unpaired) electrons. The number of amides is 1. The van der Waals surface area contributed by atoms with Gasteiger partial charge in [0, 0.05) is 17.3 Å². The van der Waals surface area contributed by atoms with E-state index in [1.54, 1.807) is 11.3 Å². The number of rotatable bonds is 4. The highest BCUT2D eigenvalue weighted by atomic mass is 32.1. The molecule has 0 spiro atoms. The molecule has 0 bridgehead atoms. The van der Waals surface area contributed by atoms with Crippen LogP contribution in [0.15, 0.2) is 17.5 Å². The van der Waals surface area contributed by atoms with Gasteiger partial charge in [-0.25, -0.2) is 0 Å². The lowest BCUT2D eigenvalue weighted by atomic mass is 10.1. The van der Waals surface area contributed by atoms with E-state index in [0.717, 1.165) is 17.7 Å². The van der Waals surface area contributed by atoms with E-state index in [1.165, 1.54) is 0 Å². The average molecular weight is 220 g/mol. The summed E-state index contributed by atoms with van der Waals surface area (Å²) >= 11 is 1.59. The van der Waals surface area contributed by atoms with E-state index >= 15 is 0 Å². The number of hydrogen-bond acceptors (Lipinski definition) is 3. The Labute approximate surface area is 92.7 Å². The third kappa shape index (κ3) is 2.80. The molecule has 1 aromatic heterocycles. The van der Waals surface area contributed by atoms with Gasteiger partial charge >= 0.3 is 0 Å². The van der Waals surface area contributed by atoms with Gasteiger partial charge in [0.15, 0.2) is 0 Å². The summed E-state index contributed by atoms with van der Waals surface area (Å²) in [5.41, 5.74) is 0. The van der Waals surface area contributed by atoms with Gasteiger partial charge in [-0.15, -0.1) is 11.3 Å². The first kappa shape index (κ1) is 10.2. The zero-order valence-corrected chi connectivity index (χ0v) is 9.09. The highest BCUT2D eigenvalue weighted by Crippen LogP contribution is 2.20. The summed E-state index contributed by atoms with van der Waals surface area (Å²) in [6, 6.07) is 6.29. The molecule has 2 rings (SSSR count). The number of hydrogen-bond donors (Lipinski definition) is 1. The lowest BCUT2D eigenvalue weighted by molar-refractivity contribution is -0.123. The predicted octanol–water partition coefficient (Wildman–Crippen LogP) is 1.71. The summed E-state index contributed by atoms with van der Waals surface area (Å²) in [6.45, 7) is 0. The van der Waals surface area contributed by atoms with Crippen molar-refractivity contribution in [1.29, 1.82) is 5.26 Å². The summed E-state index contributed by atoms with van der Waals surface area (Å²) in [5.74, 6) is -0.655. The number of thiophene rings is 1. The van der Waals surface area contributed by atoms with Crippen molar-refractivity contribution in [2.24, 2.45) is 5.92 Å². The van der Waals surface area contributed by atoms with Gasteiger partial charge in [-0.05, 0) is 24.3 Å². The van der Waals surface area contributed by atoms with Gasteiger partial charge in [-0.1, -0.05) is 6.07 Å². The monoisotopic (exact) mass is 220 g/mol. The quantitative estimate of drug-likeness (QED) is 0.839. The van der Waals surface area contributed by atoms with Crippen LogP contribution in [0.2, 0.25) is 0 Å². The Hall–Kier alpha value is -1.34. The third-order valence-electron chi connectivity index (χ3n) is 2.38. The van der Waals surface area contributed by atoms with Gasteiger partial charge in [0.05, 0.1) is 6.07 Å². The van der Waals surface area contributed by atoms with Gasteiger partial charge in [-0.3, -0.25) is 4.79 Å². The van der Waals surface area contributed by atoms with E-state index in [0.29, 0.717) is 12.5 Å². The van der Waals surface area contributed by atoms with Gasteiger partial charge in [-0.2, -0.15) is 5.26 Å². The van der Waals surface area contributed by atoms with E-state index in [-0.39, 0.29) is 5.91 Å². The van der Waals surface area contributed by atoms with Gasteiger partial charge in [0.2, 0.25) is 5.91 Å². The summed E-state index contributed by atoms with van der Waals surface area (Å²) in [7, 11) is 0. The second kappa shape index (κ2) is 4.45. The molecule has 1 fully saturated rings. The maximum absolute atomic E-state index is 11.6. The van der Waals surface area contributed by atoms with Crippen molar-refractivity contribution < 1.29 is 4.79 Å². The minimum absolute atomic E-state index is 0.117. The highest BCUT2D eigenvalue weighted by molar-refractivity contribution is 7.09. The number of carbonyl (C=O) groups excluding carboxylic acids is 1. The molecule has 1 amide bonds. The maximum atomic E-state index is 11.6. The van der Waals surface area contributed by atoms with Crippen molar-refractivity contribution in [3.63, 3.8) is 0 Å². The van der Waals surface area contributed by atoms with Crippen LogP contribution in [0.5, 0.6) is 0 Å². The van der Waals surface area contributed by atoms with Gasteiger partial charge in [0.1, 0.15) is 5.92 Å². The average Bonchev–Trinajstić information content (AvgIpc) is 2.89. The molecule has 4 heteroatoms. The molecule has 0 aliphatic heterocycles. The van der Waals surface area contributed by atoms with Crippen LogP contribution in [-0.2, 0) is 11.2 Å². The molecular formula is C11H12N2OS. The fourth-order valence-corrected chi connectivity index (χ4v) is 2.11. The highest BCUT2D eigenvalue weighted by Gasteiger charge is 2.27. The molecule has 1 aliphatic carbocycles. The normalized spacial score (nSPS) is 16.7. The van der Waals surface area contributed by atoms with Crippen LogP contribution in [0.1, 0.15) is 17.7 Å². The topological polar surface area (TPSA) is 52.9 Å². The maximum Gasteiger partial charge on any atom is 0.237 e. The van der Waals surface area contributed by atoms with E-state index in [1.807, 2.05) is 17.5 Å². The fourth-order valence-electron chi connectivity index (χ4n) is 1.36. The van der Waals surface area contributed by atoms with Crippen LogP contribution in [0.3, 0.4) is 0 Å². The van der Waals surface area contributed by atoms with Crippen molar-refractivity contribution in [1.82, 2.24) is 5.32 Å². The molecule has 1 saturated carbocycles. The van der Waals surface area contributed by atoms with Crippen LogP contribution >= 0.6 is 11.3 Å². The largest absolute Gasteiger partial charge is 0.352 e. The first-order valence-electron chi connectivity index (χ1n) is 5.02. The molecule has 1 aromatic rings. The Balaban J connectivity index is 1.91. The second-order valence-corrected chi connectivity index (χ2v) is 4.78. The van der Waals surface area contributed by atoms with E-state index in [9.17, 15) is 4.79 Å². The predicted molar refractivity (Wildman–Crippen MR) is 58.3 cm³/mol. The fraction of sp³-hybridized carbons (Fsp3) is 0.455. The van der Waals surface area contributed by atoms with E-state index in [4.69, 9.17) is 5.26 Å². The zero-order valence-electron chi connectivity index (χ0n) is 8.27. The summed E-state index contributed by atoms with van der Waals surface area (Å²) in [5, 5.41) is 13.7. The van der Waals surface area contributed by atoms with Gasteiger partial charge in [0.25, 0.3) is 0 Å². The van der Waals surface area contributed by atoms with Gasteiger partial charge < -0.3 is 5.32 Å². The van der Waals surface area contributed by atoms with Crippen molar-refractivity contribution in [3.05, 3.63) is 22.4 Å². The molecule has 15 heavy (non-hydrogen) atoms. The molecule has 1 N–H and O–H groups in total. The molecule has 3 nitrogen and oxygen atoms in total. The lowest BCUT2D eigenvalue weighted by Gasteiger charge is -2.07. The molecule has 1 unspecified atom stereocenters. The lowest BCUT2D eigenvalue weighted by Crippen LogP contribution is -2.32. The SMILES string of the molecule is N#CC(Cc1cccs1)C(=O)NC1CC1. The van der Waals surface area contributed by atoms with Crippen LogP contribution in [0.25, 0.3) is 0 Å². The Kier molecular flexibility index (Phi) is 3.02. The molecule has 0 saturated heterocycles. The Morgan fingerprint density at radius 2 is 2.53 bits per heavy atom. The summed E-state index contributed by atoms with van der Waals surface area (Å²) in [6.07, 6.45) is 2.65. The van der Waals surface area contributed by atoms with Crippen molar-refractivity contribution >= 4 is 17.2 Å². The first-order valence-corrected chi connectivity index (χ1v) is 5.90. The summed E-state index contributed by atoms with van der Waals surface area (Å²) in [4.78, 5) is 12.7. The van der Waals surface area contributed by atoms with Crippen LogP contribution in [0.4, 0.5) is 0 Å². The Morgan fingerprint density at radius 3 is 3.07 bits per heavy atom. The molecular weight excluding hydrogens is 208 g/mol. The molecule has 1 aliphatic rings. The Morgan fingerprint density at radius 1 is 1.73 bits per heavy atom. The minimum atomic E-state index is -0.538. The van der Waals surface area contributed by atoms with Crippen molar-refractivity contribution in [2.45, 2.75) is 25.3 Å². The van der Waals surface area contributed by atoms with Crippen LogP contribution in [0, 0.1) is 17.2 Å². The van der Waals surface area contributed by atoms with Crippen molar-refractivity contribution in [2.75, 3.05) is 0 Å². The number of carbonyl (C=O) groups is 1. The Bertz CT molecular complexity index is 376. The minimum Gasteiger partial charge on any atom is -0.352 e. The standard InChI is InChI=1S/C11H12N2OS/c12-7-8(6-10-2-1-5-15-10)11(14)13-9-3-4-9/h1-2,5,8-9H,3-4,6H2,(H,13,14). The molecule has 1 atom stereocenters. The number of nitrogens with zero attached hydrogens (tertiary/aromatic N) is 1. The van der Waals surface area contributed by atoms with Crippen LogP contribution < -0.4 is 5.32 Å². The molecule has 0 aromatic carbocycles. The number of nitrogens with one attached hydrogen (secondary N) is 1. The number of nitriles is 1. The molecule has 78 valence electrons. The smallest absolute Gasteiger partial charge is 0.237 e. The second-order valence-electron chi connectivity index (χ2n) is 3.75. The first-order chi connectivity index (χ1) is 7.29. The van der Waals surface area contributed by atoms with Crippen LogP contribution in [-0.4, -0.2) is 11.9 Å². The third-order valence-corrected chi connectivity index (χ3v) is 3.28. The zero-order chi connectivity index (χ0) is 10.7. The van der Waals surface area contributed by atoms with E-state index < -0.39 is 5.92 Å². The summed E-state index contributed by atoms with van der Waals surface area (Å²) < 4.78 is 0. The molecule has 1 heterocycles.